The zero-order chi connectivity index (χ0) is 30.6. The lowest BCUT2D eigenvalue weighted by molar-refractivity contribution is -0.123. The van der Waals surface area contributed by atoms with Crippen molar-refractivity contribution in [1.29, 1.82) is 0 Å². The highest BCUT2D eigenvalue weighted by Crippen LogP contribution is 2.49. The van der Waals surface area contributed by atoms with Crippen LogP contribution < -0.4 is 20.5 Å². The number of ether oxygens (including phenoxy) is 2. The van der Waals surface area contributed by atoms with Crippen molar-refractivity contribution in [3.05, 3.63) is 74.8 Å². The highest BCUT2D eigenvalue weighted by molar-refractivity contribution is 6.34. The lowest BCUT2D eigenvalue weighted by atomic mass is 9.82. The number of carbonyl (C=O) groups is 2. The third kappa shape index (κ3) is 5.14. The van der Waals surface area contributed by atoms with Crippen LogP contribution in [0, 0.1) is 19.8 Å². The number of rotatable bonds is 8. The molecule has 0 saturated heterocycles. The molecule has 11 heteroatoms. The number of primary amides is 1. The van der Waals surface area contributed by atoms with Crippen LogP contribution in [0.1, 0.15) is 58.7 Å². The van der Waals surface area contributed by atoms with E-state index in [0.717, 1.165) is 18.5 Å². The molecule has 3 N–H and O–H groups in total. The number of nitrogens with two attached hydrogens (primary N) is 1. The van der Waals surface area contributed by atoms with E-state index in [4.69, 9.17) is 43.4 Å². The molecular formula is C32H31Cl2N5O4. The second-order valence-corrected chi connectivity index (χ2v) is 12.3. The Labute approximate surface area is 259 Å². The highest BCUT2D eigenvalue weighted by atomic mass is 35.5. The Morgan fingerprint density at radius 2 is 1.93 bits per heavy atom. The number of hydrogen-bond acceptors (Lipinski definition) is 7. The van der Waals surface area contributed by atoms with Crippen molar-refractivity contribution >= 4 is 45.9 Å². The van der Waals surface area contributed by atoms with Crippen molar-refractivity contribution in [3.63, 3.8) is 0 Å². The standard InChI is InChI=1S/C32H31Cl2N5O4/c1-15-23(33)10-18-9-19(11-25(42-4)27(18)38-15)30(40)37-13-21(17-5-6-17)24-12-22-29(43-14-32(22,3)31(35)41)28(39-24)20-7-8-36-16(2)26(20)34/h7-12,17,21H,5-6,13-14H2,1-4H3,(H2,35,41)(H,37,40)/t21-,32-/m0/s1. The maximum Gasteiger partial charge on any atom is 0.251 e. The summed E-state index contributed by atoms with van der Waals surface area (Å²) in [5.74, 6) is 0.420. The van der Waals surface area contributed by atoms with E-state index in [9.17, 15) is 9.59 Å². The molecule has 4 aromatic rings. The summed E-state index contributed by atoms with van der Waals surface area (Å²) < 4.78 is 11.6. The number of halogens is 2. The number of methoxy groups -OCH3 is 1. The number of carbonyl (C=O) groups excluding carboxylic acids is 2. The first-order chi connectivity index (χ1) is 20.5. The van der Waals surface area contributed by atoms with Gasteiger partial charge < -0.3 is 20.5 Å². The Kier molecular flexibility index (Phi) is 7.42. The normalized spacial score (nSPS) is 18.2. The summed E-state index contributed by atoms with van der Waals surface area (Å²) in [5.41, 5.74) is 9.83. The number of aromatic nitrogens is 3. The Bertz CT molecular complexity index is 1810. The second kappa shape index (κ2) is 11.0. The minimum absolute atomic E-state index is 0.102. The second-order valence-electron chi connectivity index (χ2n) is 11.5. The number of nitrogens with one attached hydrogen (secondary N) is 1. The average Bonchev–Trinajstić information content (AvgIpc) is 3.76. The molecule has 0 unspecified atom stereocenters. The monoisotopic (exact) mass is 619 g/mol. The topological polar surface area (TPSA) is 129 Å². The van der Waals surface area contributed by atoms with E-state index in [1.54, 1.807) is 44.5 Å². The van der Waals surface area contributed by atoms with E-state index in [-0.39, 0.29) is 18.4 Å². The lowest BCUT2D eigenvalue weighted by Gasteiger charge is -2.22. The fourth-order valence-corrected chi connectivity index (χ4v) is 6.00. The molecule has 4 heterocycles. The van der Waals surface area contributed by atoms with E-state index in [1.165, 1.54) is 0 Å². The average molecular weight is 621 g/mol. The van der Waals surface area contributed by atoms with E-state index in [2.05, 4.69) is 15.3 Å². The minimum atomic E-state index is -1.04. The van der Waals surface area contributed by atoms with Crippen molar-refractivity contribution in [3.8, 4) is 22.8 Å². The molecule has 3 aromatic heterocycles. The van der Waals surface area contributed by atoms with Crippen molar-refractivity contribution in [2.45, 2.75) is 44.9 Å². The quantitative estimate of drug-likeness (QED) is 0.259. The Morgan fingerprint density at radius 1 is 1.16 bits per heavy atom. The van der Waals surface area contributed by atoms with Crippen molar-refractivity contribution in [1.82, 2.24) is 20.3 Å². The van der Waals surface area contributed by atoms with E-state index >= 15 is 0 Å². The number of aryl methyl sites for hydroxylation is 2. The van der Waals surface area contributed by atoms with Crippen molar-refractivity contribution in [2.24, 2.45) is 11.7 Å². The first-order valence-corrected chi connectivity index (χ1v) is 14.8. The fourth-order valence-electron chi connectivity index (χ4n) is 5.63. The molecule has 2 aliphatic rings. The fraction of sp³-hybridized carbons (Fsp3) is 0.344. The number of pyridine rings is 3. The van der Waals surface area contributed by atoms with Gasteiger partial charge in [-0.05, 0) is 69.9 Å². The number of amides is 2. The van der Waals surface area contributed by atoms with Gasteiger partial charge in [-0.25, -0.2) is 9.97 Å². The van der Waals surface area contributed by atoms with Gasteiger partial charge in [0.15, 0.2) is 0 Å². The summed E-state index contributed by atoms with van der Waals surface area (Å²) in [6.45, 7) is 5.85. The molecule has 6 rings (SSSR count). The van der Waals surface area contributed by atoms with Crippen LogP contribution in [0.4, 0.5) is 0 Å². The highest BCUT2D eigenvalue weighted by Gasteiger charge is 2.45. The molecule has 1 aliphatic heterocycles. The summed E-state index contributed by atoms with van der Waals surface area (Å²) in [6, 6.07) is 8.91. The number of benzene rings is 1. The molecule has 1 aromatic carbocycles. The number of nitrogens with zero attached hydrogens (tertiary/aromatic N) is 3. The summed E-state index contributed by atoms with van der Waals surface area (Å²) in [5, 5.41) is 4.78. The molecule has 0 spiro atoms. The van der Waals surface area contributed by atoms with Gasteiger partial charge in [0, 0.05) is 46.4 Å². The zero-order valence-electron chi connectivity index (χ0n) is 24.3. The van der Waals surface area contributed by atoms with Crippen LogP contribution in [0.2, 0.25) is 10.0 Å². The maximum atomic E-state index is 13.5. The summed E-state index contributed by atoms with van der Waals surface area (Å²) in [6.07, 6.45) is 3.67. The van der Waals surface area contributed by atoms with Gasteiger partial charge in [0.1, 0.15) is 34.7 Å². The first-order valence-electron chi connectivity index (χ1n) is 14.0. The van der Waals surface area contributed by atoms with E-state index in [1.807, 2.05) is 19.9 Å². The lowest BCUT2D eigenvalue weighted by Crippen LogP contribution is -2.40. The molecule has 1 fully saturated rings. The molecule has 9 nitrogen and oxygen atoms in total. The molecule has 2 atom stereocenters. The summed E-state index contributed by atoms with van der Waals surface area (Å²) >= 11 is 13.0. The van der Waals surface area contributed by atoms with Crippen LogP contribution >= 0.6 is 23.2 Å². The van der Waals surface area contributed by atoms with Crippen LogP contribution in [0.5, 0.6) is 11.5 Å². The third-order valence-electron chi connectivity index (χ3n) is 8.50. The largest absolute Gasteiger partial charge is 0.494 e. The van der Waals surface area contributed by atoms with E-state index < -0.39 is 11.3 Å². The van der Waals surface area contributed by atoms with Gasteiger partial charge in [0.05, 0.1) is 28.5 Å². The molecular weight excluding hydrogens is 589 g/mol. The molecule has 2 amide bonds. The molecule has 43 heavy (non-hydrogen) atoms. The van der Waals surface area contributed by atoms with Crippen LogP contribution in [0.25, 0.3) is 22.2 Å². The minimum Gasteiger partial charge on any atom is -0.494 e. The first kappa shape index (κ1) is 29.1. The zero-order valence-corrected chi connectivity index (χ0v) is 25.8. The van der Waals surface area contributed by atoms with Crippen molar-refractivity contribution in [2.75, 3.05) is 20.3 Å². The van der Waals surface area contributed by atoms with Gasteiger partial charge >= 0.3 is 0 Å². The molecule has 1 aliphatic carbocycles. The van der Waals surface area contributed by atoms with Gasteiger partial charge in [0.25, 0.3) is 5.91 Å². The van der Waals surface area contributed by atoms with Gasteiger partial charge in [-0.3, -0.25) is 14.6 Å². The Balaban J connectivity index is 1.37. The Hall–Kier alpha value is -3.95. The smallest absolute Gasteiger partial charge is 0.251 e. The van der Waals surface area contributed by atoms with Gasteiger partial charge in [-0.1, -0.05) is 23.2 Å². The summed E-state index contributed by atoms with van der Waals surface area (Å²) in [4.78, 5) is 40.0. The predicted octanol–water partition coefficient (Wildman–Crippen LogP) is 5.68. The summed E-state index contributed by atoms with van der Waals surface area (Å²) in [7, 11) is 1.54. The SMILES string of the molecule is COc1cc(C(=O)NC[C@H](c2cc3c(c(-c4ccnc(C)c4Cl)n2)OC[C@]3(C)C(N)=O)C2CC2)cc2cc(Cl)c(C)nc12. The van der Waals surface area contributed by atoms with Crippen LogP contribution in [-0.4, -0.2) is 47.0 Å². The van der Waals surface area contributed by atoms with Gasteiger partial charge in [0.2, 0.25) is 5.91 Å². The van der Waals surface area contributed by atoms with Gasteiger partial charge in [-0.15, -0.1) is 0 Å². The molecule has 0 radical (unpaired) electrons. The van der Waals surface area contributed by atoms with Crippen LogP contribution in [0.15, 0.2) is 36.5 Å². The molecule has 1 saturated carbocycles. The van der Waals surface area contributed by atoms with Crippen LogP contribution in [-0.2, 0) is 10.2 Å². The molecule has 222 valence electrons. The maximum absolute atomic E-state index is 13.5. The third-order valence-corrected chi connectivity index (χ3v) is 9.36. The van der Waals surface area contributed by atoms with Crippen molar-refractivity contribution < 1.29 is 19.1 Å². The number of fused-ring (bicyclic) bond motifs is 2. The predicted molar refractivity (Wildman–Crippen MR) is 165 cm³/mol. The van der Waals surface area contributed by atoms with Crippen LogP contribution in [0.3, 0.4) is 0 Å². The molecule has 0 bridgehead atoms. The van der Waals surface area contributed by atoms with Gasteiger partial charge in [-0.2, -0.15) is 0 Å². The Morgan fingerprint density at radius 3 is 2.63 bits per heavy atom. The number of hydrogen-bond donors (Lipinski definition) is 2. The van der Waals surface area contributed by atoms with E-state index in [0.29, 0.717) is 78.7 Å².